The van der Waals surface area contributed by atoms with Gasteiger partial charge in [-0.25, -0.2) is 0 Å². The number of hydrogen-bond acceptors (Lipinski definition) is 2. The van der Waals surface area contributed by atoms with Crippen LogP contribution in [0.2, 0.25) is 5.02 Å². The van der Waals surface area contributed by atoms with E-state index in [0.717, 1.165) is 42.8 Å². The van der Waals surface area contributed by atoms with E-state index in [-0.39, 0.29) is 0 Å². The van der Waals surface area contributed by atoms with E-state index in [4.69, 9.17) is 11.6 Å². The molecule has 1 aromatic carbocycles. The normalized spacial score (nSPS) is 28.3. The molecule has 0 saturated heterocycles. The summed E-state index contributed by atoms with van der Waals surface area (Å²) in [6, 6.07) is 8.40. The van der Waals surface area contributed by atoms with E-state index in [1.807, 2.05) is 24.3 Å². The molecular weight excluding hydrogens is 246 g/mol. The molecule has 0 aromatic heterocycles. The van der Waals surface area contributed by atoms with Crippen LogP contribution in [0.1, 0.15) is 38.2 Å². The molecule has 1 aliphatic rings. The molecular formula is C15H22ClNO. The highest BCUT2D eigenvalue weighted by atomic mass is 35.5. The lowest BCUT2D eigenvalue weighted by molar-refractivity contribution is -0.00294. The monoisotopic (exact) mass is 267 g/mol. The maximum atomic E-state index is 10.6. The first-order valence-corrected chi connectivity index (χ1v) is 7.19. The topological polar surface area (TPSA) is 32.3 Å². The minimum Gasteiger partial charge on any atom is -0.390 e. The summed E-state index contributed by atoms with van der Waals surface area (Å²) in [5.74, 6) is 0. The molecule has 0 heterocycles. The molecule has 0 unspecified atom stereocenters. The van der Waals surface area contributed by atoms with Crippen molar-refractivity contribution in [2.45, 2.75) is 50.7 Å². The number of halogens is 1. The van der Waals surface area contributed by atoms with Crippen LogP contribution in [0.25, 0.3) is 0 Å². The average Bonchev–Trinajstić information content (AvgIpc) is 2.32. The number of rotatable bonds is 4. The molecule has 0 amide bonds. The van der Waals surface area contributed by atoms with E-state index in [0.29, 0.717) is 12.5 Å². The van der Waals surface area contributed by atoms with Gasteiger partial charge in [0.2, 0.25) is 0 Å². The molecule has 1 aliphatic carbocycles. The van der Waals surface area contributed by atoms with E-state index in [1.165, 1.54) is 0 Å². The summed E-state index contributed by atoms with van der Waals surface area (Å²) < 4.78 is 0. The molecule has 1 fully saturated rings. The fourth-order valence-corrected chi connectivity index (χ4v) is 3.06. The molecule has 2 nitrogen and oxygen atoms in total. The lowest BCUT2D eigenvalue weighted by Gasteiger charge is -2.36. The molecule has 0 spiro atoms. The Morgan fingerprint density at radius 3 is 2.72 bits per heavy atom. The highest BCUT2D eigenvalue weighted by molar-refractivity contribution is 6.30. The third kappa shape index (κ3) is 3.71. The van der Waals surface area contributed by atoms with Crippen LogP contribution >= 0.6 is 11.6 Å². The molecule has 2 rings (SSSR count). The van der Waals surface area contributed by atoms with Gasteiger partial charge < -0.3 is 10.4 Å². The largest absolute Gasteiger partial charge is 0.390 e. The highest BCUT2D eigenvalue weighted by Crippen LogP contribution is 2.31. The van der Waals surface area contributed by atoms with Gasteiger partial charge in [-0.1, -0.05) is 30.7 Å². The summed E-state index contributed by atoms with van der Waals surface area (Å²) >= 11 is 5.98. The lowest BCUT2D eigenvalue weighted by atomic mass is 9.78. The van der Waals surface area contributed by atoms with Gasteiger partial charge in [0, 0.05) is 17.5 Å². The molecule has 1 saturated carbocycles. The highest BCUT2D eigenvalue weighted by Gasteiger charge is 2.32. The zero-order valence-corrected chi connectivity index (χ0v) is 11.7. The standard InChI is InChI=1S/C15H22ClNO/c1-2-17-14-6-8-15(18,9-7-14)11-12-4-3-5-13(16)10-12/h3-5,10,14,17-18H,2,6-9,11H2,1H3. The van der Waals surface area contributed by atoms with Gasteiger partial charge in [0.15, 0.2) is 0 Å². The van der Waals surface area contributed by atoms with Crippen LogP contribution in [-0.2, 0) is 6.42 Å². The van der Waals surface area contributed by atoms with Crippen molar-refractivity contribution < 1.29 is 5.11 Å². The third-order valence-corrected chi connectivity index (χ3v) is 4.07. The molecule has 0 atom stereocenters. The quantitative estimate of drug-likeness (QED) is 0.878. The van der Waals surface area contributed by atoms with Gasteiger partial charge in [-0.15, -0.1) is 0 Å². The molecule has 0 radical (unpaired) electrons. The van der Waals surface area contributed by atoms with E-state index >= 15 is 0 Å². The van der Waals surface area contributed by atoms with Crippen LogP contribution in [0.3, 0.4) is 0 Å². The summed E-state index contributed by atoms with van der Waals surface area (Å²) in [5, 5.41) is 14.8. The molecule has 2 N–H and O–H groups in total. The third-order valence-electron chi connectivity index (χ3n) is 3.83. The summed E-state index contributed by atoms with van der Waals surface area (Å²) in [4.78, 5) is 0. The molecule has 3 heteroatoms. The Balaban J connectivity index is 1.93. The van der Waals surface area contributed by atoms with Crippen LogP contribution in [0, 0.1) is 0 Å². The number of nitrogens with one attached hydrogen (secondary N) is 1. The van der Waals surface area contributed by atoms with E-state index < -0.39 is 5.60 Å². The van der Waals surface area contributed by atoms with Gasteiger partial charge in [0.1, 0.15) is 0 Å². The molecule has 18 heavy (non-hydrogen) atoms. The predicted molar refractivity (Wildman–Crippen MR) is 76.0 cm³/mol. The van der Waals surface area contributed by atoms with Crippen molar-refractivity contribution in [3.63, 3.8) is 0 Å². The van der Waals surface area contributed by atoms with Crippen molar-refractivity contribution in [2.24, 2.45) is 0 Å². The Morgan fingerprint density at radius 1 is 1.39 bits per heavy atom. The van der Waals surface area contributed by atoms with Crippen molar-refractivity contribution >= 4 is 11.6 Å². The van der Waals surface area contributed by atoms with Crippen LogP contribution in [0.4, 0.5) is 0 Å². The van der Waals surface area contributed by atoms with Crippen LogP contribution < -0.4 is 5.32 Å². The Morgan fingerprint density at radius 2 is 2.11 bits per heavy atom. The first kappa shape index (κ1) is 13.9. The predicted octanol–water partition coefficient (Wildman–Crippen LogP) is 3.17. The Bertz CT molecular complexity index is 386. The smallest absolute Gasteiger partial charge is 0.0689 e. The first-order chi connectivity index (χ1) is 8.61. The van der Waals surface area contributed by atoms with Crippen molar-refractivity contribution in [1.82, 2.24) is 5.32 Å². The average molecular weight is 268 g/mol. The van der Waals surface area contributed by atoms with E-state index in [9.17, 15) is 5.11 Å². The second kappa shape index (κ2) is 6.05. The molecule has 1 aromatic rings. The molecule has 0 aliphatic heterocycles. The maximum absolute atomic E-state index is 10.6. The first-order valence-electron chi connectivity index (χ1n) is 6.81. The summed E-state index contributed by atoms with van der Waals surface area (Å²) in [6.07, 6.45) is 4.58. The Kier molecular flexibility index (Phi) is 4.66. The second-order valence-corrected chi connectivity index (χ2v) is 5.80. The van der Waals surface area contributed by atoms with Crippen molar-refractivity contribution in [1.29, 1.82) is 0 Å². The minimum absolute atomic E-state index is 0.545. The summed E-state index contributed by atoms with van der Waals surface area (Å²) in [5.41, 5.74) is 0.586. The van der Waals surface area contributed by atoms with Gasteiger partial charge >= 0.3 is 0 Å². The number of benzene rings is 1. The van der Waals surface area contributed by atoms with Gasteiger partial charge in [-0.2, -0.15) is 0 Å². The van der Waals surface area contributed by atoms with Gasteiger partial charge in [0.25, 0.3) is 0 Å². The van der Waals surface area contributed by atoms with Gasteiger partial charge in [-0.3, -0.25) is 0 Å². The SMILES string of the molecule is CCNC1CCC(O)(Cc2cccc(Cl)c2)CC1. The van der Waals surface area contributed by atoms with E-state index in [1.54, 1.807) is 0 Å². The van der Waals surface area contributed by atoms with Crippen LogP contribution in [0.5, 0.6) is 0 Å². The zero-order valence-electron chi connectivity index (χ0n) is 11.0. The number of hydrogen-bond donors (Lipinski definition) is 2. The fourth-order valence-electron chi connectivity index (χ4n) is 2.85. The second-order valence-electron chi connectivity index (χ2n) is 5.36. The minimum atomic E-state index is -0.545. The fraction of sp³-hybridized carbons (Fsp3) is 0.600. The van der Waals surface area contributed by atoms with Crippen LogP contribution in [0.15, 0.2) is 24.3 Å². The van der Waals surface area contributed by atoms with Crippen molar-refractivity contribution in [3.05, 3.63) is 34.9 Å². The van der Waals surface area contributed by atoms with Crippen molar-refractivity contribution in [2.75, 3.05) is 6.54 Å². The lowest BCUT2D eigenvalue weighted by Crippen LogP contribution is -2.42. The summed E-state index contributed by atoms with van der Waals surface area (Å²) in [7, 11) is 0. The van der Waals surface area contributed by atoms with E-state index in [2.05, 4.69) is 12.2 Å². The van der Waals surface area contributed by atoms with Crippen molar-refractivity contribution in [3.8, 4) is 0 Å². The van der Waals surface area contributed by atoms with Gasteiger partial charge in [-0.05, 0) is 49.9 Å². The number of aliphatic hydroxyl groups is 1. The zero-order chi connectivity index (χ0) is 13.0. The molecule has 100 valence electrons. The Labute approximate surface area is 114 Å². The Hall–Kier alpha value is -0.570. The van der Waals surface area contributed by atoms with Crippen LogP contribution in [-0.4, -0.2) is 23.3 Å². The maximum Gasteiger partial charge on any atom is 0.0689 e. The van der Waals surface area contributed by atoms with Gasteiger partial charge in [0.05, 0.1) is 5.60 Å². The summed E-state index contributed by atoms with van der Waals surface area (Å²) in [6.45, 7) is 3.14. The molecule has 0 bridgehead atoms.